The molecule has 0 saturated heterocycles. The van der Waals surface area contributed by atoms with Crippen molar-refractivity contribution in [3.63, 3.8) is 0 Å². The van der Waals surface area contributed by atoms with Gasteiger partial charge in [0.2, 0.25) is 0 Å². The SMILES string of the molecule is CC(C)Oc1ccc(C(O)CNC(=O)C2(O)CCCCC2)cc1. The number of aliphatic hydroxyl groups is 2. The Balaban J connectivity index is 1.86. The Morgan fingerprint density at radius 2 is 1.83 bits per heavy atom. The Morgan fingerprint density at radius 1 is 1.22 bits per heavy atom. The Bertz CT molecular complexity index is 506. The van der Waals surface area contributed by atoms with Gasteiger partial charge in [-0.3, -0.25) is 4.79 Å². The van der Waals surface area contributed by atoms with E-state index < -0.39 is 11.7 Å². The number of hydrogen-bond acceptors (Lipinski definition) is 4. The van der Waals surface area contributed by atoms with Gasteiger partial charge in [0.05, 0.1) is 12.2 Å². The lowest BCUT2D eigenvalue weighted by Crippen LogP contribution is -2.48. The standard InChI is InChI=1S/C18H27NO4/c1-13(2)23-15-8-6-14(7-9-15)16(20)12-19-17(21)18(22)10-4-3-5-11-18/h6-9,13,16,20,22H,3-5,10-12H2,1-2H3,(H,19,21). The lowest BCUT2D eigenvalue weighted by Gasteiger charge is -2.30. The van der Waals surface area contributed by atoms with Gasteiger partial charge >= 0.3 is 0 Å². The van der Waals surface area contributed by atoms with Gasteiger partial charge in [-0.2, -0.15) is 0 Å². The number of ether oxygens (including phenoxy) is 1. The summed E-state index contributed by atoms with van der Waals surface area (Å²) in [6.45, 7) is 3.99. The smallest absolute Gasteiger partial charge is 0.252 e. The summed E-state index contributed by atoms with van der Waals surface area (Å²) in [5.41, 5.74) is -0.565. The highest BCUT2D eigenvalue weighted by Crippen LogP contribution is 2.28. The van der Waals surface area contributed by atoms with Crippen LogP contribution in [0.15, 0.2) is 24.3 Å². The third-order valence-electron chi connectivity index (χ3n) is 4.20. The molecule has 1 amide bonds. The van der Waals surface area contributed by atoms with Gasteiger partial charge in [-0.05, 0) is 44.4 Å². The molecule has 1 unspecified atom stereocenters. The Kier molecular flexibility index (Phi) is 6.02. The molecule has 0 radical (unpaired) electrons. The van der Waals surface area contributed by atoms with Crippen LogP contribution in [0, 0.1) is 0 Å². The molecule has 3 N–H and O–H groups in total. The van der Waals surface area contributed by atoms with Crippen molar-refractivity contribution in [2.75, 3.05) is 6.54 Å². The summed E-state index contributed by atoms with van der Waals surface area (Å²) in [7, 11) is 0. The molecule has 1 aromatic rings. The molecule has 1 aliphatic carbocycles. The van der Waals surface area contributed by atoms with E-state index in [4.69, 9.17) is 4.74 Å². The molecule has 128 valence electrons. The first-order valence-electron chi connectivity index (χ1n) is 8.36. The third kappa shape index (κ3) is 4.94. The predicted molar refractivity (Wildman–Crippen MR) is 88.2 cm³/mol. The zero-order chi connectivity index (χ0) is 16.9. The van der Waals surface area contributed by atoms with Crippen LogP contribution in [-0.4, -0.2) is 34.4 Å². The van der Waals surface area contributed by atoms with Crippen molar-refractivity contribution >= 4 is 5.91 Å². The van der Waals surface area contributed by atoms with Gasteiger partial charge in [0.25, 0.3) is 5.91 Å². The fourth-order valence-electron chi connectivity index (χ4n) is 2.88. The van der Waals surface area contributed by atoms with Crippen LogP contribution in [0.3, 0.4) is 0 Å². The third-order valence-corrected chi connectivity index (χ3v) is 4.20. The van der Waals surface area contributed by atoms with E-state index in [0.29, 0.717) is 18.4 Å². The number of carbonyl (C=O) groups excluding carboxylic acids is 1. The minimum absolute atomic E-state index is 0.0888. The molecule has 0 heterocycles. The summed E-state index contributed by atoms with van der Waals surface area (Å²) in [4.78, 5) is 12.1. The van der Waals surface area contributed by atoms with Crippen molar-refractivity contribution in [1.29, 1.82) is 0 Å². The molecule has 2 rings (SSSR count). The fraction of sp³-hybridized carbons (Fsp3) is 0.611. The first-order valence-corrected chi connectivity index (χ1v) is 8.36. The molecule has 1 aromatic carbocycles. The van der Waals surface area contributed by atoms with E-state index in [1.807, 2.05) is 13.8 Å². The molecular weight excluding hydrogens is 294 g/mol. The largest absolute Gasteiger partial charge is 0.491 e. The molecule has 1 atom stereocenters. The number of rotatable bonds is 6. The Morgan fingerprint density at radius 3 is 2.39 bits per heavy atom. The average molecular weight is 321 g/mol. The van der Waals surface area contributed by atoms with E-state index in [-0.39, 0.29) is 18.6 Å². The van der Waals surface area contributed by atoms with Crippen molar-refractivity contribution in [3.05, 3.63) is 29.8 Å². The Labute approximate surface area is 137 Å². The number of aliphatic hydroxyl groups excluding tert-OH is 1. The highest BCUT2D eigenvalue weighted by Gasteiger charge is 2.36. The summed E-state index contributed by atoms with van der Waals surface area (Å²) < 4.78 is 5.56. The molecule has 0 bridgehead atoms. The maximum atomic E-state index is 12.1. The van der Waals surface area contributed by atoms with Crippen LogP contribution in [0.5, 0.6) is 5.75 Å². The van der Waals surface area contributed by atoms with E-state index >= 15 is 0 Å². The minimum Gasteiger partial charge on any atom is -0.491 e. The van der Waals surface area contributed by atoms with Crippen molar-refractivity contribution in [2.24, 2.45) is 0 Å². The molecule has 0 aliphatic heterocycles. The predicted octanol–water partition coefficient (Wildman–Crippen LogP) is 2.32. The van der Waals surface area contributed by atoms with Crippen molar-refractivity contribution < 1.29 is 19.7 Å². The van der Waals surface area contributed by atoms with Crippen LogP contribution >= 0.6 is 0 Å². The van der Waals surface area contributed by atoms with Crippen LogP contribution in [0.25, 0.3) is 0 Å². The monoisotopic (exact) mass is 321 g/mol. The average Bonchev–Trinajstić information content (AvgIpc) is 2.53. The van der Waals surface area contributed by atoms with Gasteiger partial charge in [0.15, 0.2) is 0 Å². The lowest BCUT2D eigenvalue weighted by molar-refractivity contribution is -0.143. The second-order valence-electron chi connectivity index (χ2n) is 6.55. The van der Waals surface area contributed by atoms with E-state index in [2.05, 4.69) is 5.32 Å². The number of nitrogens with one attached hydrogen (secondary N) is 1. The van der Waals surface area contributed by atoms with E-state index in [1.54, 1.807) is 24.3 Å². The van der Waals surface area contributed by atoms with Crippen LogP contribution in [0.4, 0.5) is 0 Å². The molecule has 1 fully saturated rings. The first kappa shape index (κ1) is 17.8. The zero-order valence-electron chi connectivity index (χ0n) is 13.9. The van der Waals surface area contributed by atoms with Gasteiger partial charge in [0, 0.05) is 6.54 Å². The maximum absolute atomic E-state index is 12.1. The van der Waals surface area contributed by atoms with Gasteiger partial charge in [-0.25, -0.2) is 0 Å². The molecule has 23 heavy (non-hydrogen) atoms. The van der Waals surface area contributed by atoms with Crippen molar-refractivity contribution in [2.45, 2.75) is 63.8 Å². The van der Waals surface area contributed by atoms with Crippen molar-refractivity contribution in [1.82, 2.24) is 5.32 Å². The summed E-state index contributed by atoms with van der Waals surface area (Å²) >= 11 is 0. The lowest BCUT2D eigenvalue weighted by atomic mass is 9.84. The molecule has 5 nitrogen and oxygen atoms in total. The van der Waals surface area contributed by atoms with Crippen LogP contribution < -0.4 is 10.1 Å². The summed E-state index contributed by atoms with van der Waals surface area (Å²) in [5, 5.41) is 23.2. The molecule has 1 aliphatic rings. The van der Waals surface area contributed by atoms with Gasteiger partial charge in [0.1, 0.15) is 11.4 Å². The molecule has 5 heteroatoms. The highest BCUT2D eigenvalue weighted by molar-refractivity contribution is 5.84. The van der Waals surface area contributed by atoms with Gasteiger partial charge in [-0.1, -0.05) is 31.4 Å². The topological polar surface area (TPSA) is 78.8 Å². The quantitative estimate of drug-likeness (QED) is 0.751. The minimum atomic E-state index is -1.27. The fourth-order valence-corrected chi connectivity index (χ4v) is 2.88. The Hall–Kier alpha value is -1.59. The van der Waals surface area contributed by atoms with E-state index in [9.17, 15) is 15.0 Å². The van der Waals surface area contributed by atoms with Crippen LogP contribution in [0.2, 0.25) is 0 Å². The van der Waals surface area contributed by atoms with E-state index in [0.717, 1.165) is 25.0 Å². The zero-order valence-corrected chi connectivity index (χ0v) is 13.9. The van der Waals surface area contributed by atoms with E-state index in [1.165, 1.54) is 0 Å². The van der Waals surface area contributed by atoms with Gasteiger partial charge in [-0.15, -0.1) is 0 Å². The number of carbonyl (C=O) groups is 1. The molecule has 1 saturated carbocycles. The summed E-state index contributed by atoms with van der Waals surface area (Å²) in [6.07, 6.45) is 3.07. The number of hydrogen-bond donors (Lipinski definition) is 3. The van der Waals surface area contributed by atoms with Crippen molar-refractivity contribution in [3.8, 4) is 5.75 Å². The second-order valence-corrected chi connectivity index (χ2v) is 6.55. The molecule has 0 spiro atoms. The first-order chi connectivity index (χ1) is 10.9. The highest BCUT2D eigenvalue weighted by atomic mass is 16.5. The molecule has 0 aromatic heterocycles. The summed E-state index contributed by atoms with van der Waals surface area (Å²) in [5.74, 6) is 0.368. The van der Waals surface area contributed by atoms with Crippen LogP contribution in [-0.2, 0) is 4.79 Å². The molecular formula is C18H27NO4. The van der Waals surface area contributed by atoms with Crippen LogP contribution in [0.1, 0.15) is 57.6 Å². The number of amides is 1. The normalized spacial score (nSPS) is 18.5. The second kappa shape index (κ2) is 7.79. The van der Waals surface area contributed by atoms with Gasteiger partial charge < -0.3 is 20.3 Å². The summed E-state index contributed by atoms with van der Waals surface area (Å²) in [6, 6.07) is 7.16. The maximum Gasteiger partial charge on any atom is 0.252 e. The number of benzene rings is 1.